The first-order valence-corrected chi connectivity index (χ1v) is 7.43. The zero-order valence-corrected chi connectivity index (χ0v) is 11.9. The van der Waals surface area contributed by atoms with Crippen molar-refractivity contribution >= 4 is 22.4 Å². The molecule has 2 N–H and O–H groups in total. The third-order valence-electron chi connectivity index (χ3n) is 3.59. The fourth-order valence-electron chi connectivity index (χ4n) is 2.66. The van der Waals surface area contributed by atoms with Crippen LogP contribution in [0.3, 0.4) is 0 Å². The van der Waals surface area contributed by atoms with Crippen LogP contribution >= 0.6 is 11.5 Å². The van der Waals surface area contributed by atoms with Gasteiger partial charge in [0.1, 0.15) is 10.8 Å². The van der Waals surface area contributed by atoms with Gasteiger partial charge in [-0.15, -0.1) is 0 Å². The lowest BCUT2D eigenvalue weighted by molar-refractivity contribution is 0.448. The van der Waals surface area contributed by atoms with Gasteiger partial charge >= 0.3 is 0 Å². The van der Waals surface area contributed by atoms with Crippen LogP contribution in [-0.4, -0.2) is 22.4 Å². The summed E-state index contributed by atoms with van der Waals surface area (Å²) < 4.78 is 4.34. The highest BCUT2D eigenvalue weighted by atomic mass is 32.1. The van der Waals surface area contributed by atoms with Crippen molar-refractivity contribution in [1.82, 2.24) is 9.36 Å². The predicted molar refractivity (Wildman–Crippen MR) is 80.4 cm³/mol. The van der Waals surface area contributed by atoms with Gasteiger partial charge in [-0.2, -0.15) is 4.37 Å². The van der Waals surface area contributed by atoms with E-state index >= 15 is 0 Å². The van der Waals surface area contributed by atoms with Gasteiger partial charge in [-0.1, -0.05) is 13.0 Å². The molecule has 1 atom stereocenters. The first-order valence-electron chi connectivity index (χ1n) is 6.66. The molecular formula is C14H18N4S. The Balaban J connectivity index is 1.99. The fourth-order valence-corrected chi connectivity index (χ4v) is 3.54. The lowest BCUT2D eigenvalue weighted by Gasteiger charge is -2.32. The number of nitrogens with two attached hydrogens (primary N) is 1. The van der Waals surface area contributed by atoms with Crippen molar-refractivity contribution in [2.75, 3.05) is 23.7 Å². The molecule has 3 rings (SSSR count). The van der Waals surface area contributed by atoms with E-state index in [0.717, 1.165) is 30.1 Å². The van der Waals surface area contributed by atoms with Crippen molar-refractivity contribution in [2.45, 2.75) is 19.8 Å². The maximum absolute atomic E-state index is 6.06. The molecule has 1 unspecified atom stereocenters. The predicted octanol–water partition coefficient (Wildman–Crippen LogP) is 3.02. The Morgan fingerprint density at radius 3 is 3.11 bits per heavy atom. The number of rotatable bonds is 2. The lowest BCUT2D eigenvalue weighted by atomic mass is 10.00. The van der Waals surface area contributed by atoms with E-state index in [1.807, 2.05) is 18.3 Å². The number of anilines is 2. The zero-order valence-electron chi connectivity index (χ0n) is 11.0. The Morgan fingerprint density at radius 1 is 1.47 bits per heavy atom. The highest BCUT2D eigenvalue weighted by Crippen LogP contribution is 2.40. The first-order chi connectivity index (χ1) is 9.25. The summed E-state index contributed by atoms with van der Waals surface area (Å²) in [6, 6.07) is 3.99. The molecule has 4 nitrogen and oxygen atoms in total. The van der Waals surface area contributed by atoms with Gasteiger partial charge in [0, 0.05) is 31.0 Å². The van der Waals surface area contributed by atoms with Crippen LogP contribution in [0.4, 0.5) is 10.8 Å². The molecule has 5 heteroatoms. The Kier molecular flexibility index (Phi) is 3.38. The second-order valence-corrected chi connectivity index (χ2v) is 5.93. The molecule has 0 radical (unpaired) electrons. The molecule has 3 heterocycles. The van der Waals surface area contributed by atoms with E-state index in [1.54, 1.807) is 6.20 Å². The molecule has 19 heavy (non-hydrogen) atoms. The number of piperidine rings is 1. The van der Waals surface area contributed by atoms with Crippen LogP contribution in [0, 0.1) is 5.92 Å². The van der Waals surface area contributed by atoms with Gasteiger partial charge in [0.15, 0.2) is 0 Å². The number of nitrogens with zero attached hydrogens (tertiary/aromatic N) is 3. The summed E-state index contributed by atoms with van der Waals surface area (Å²) in [7, 11) is 0. The Hall–Kier alpha value is -1.62. The quantitative estimate of drug-likeness (QED) is 0.914. The maximum atomic E-state index is 6.06. The van der Waals surface area contributed by atoms with Gasteiger partial charge in [-0.25, -0.2) is 0 Å². The summed E-state index contributed by atoms with van der Waals surface area (Å²) in [6.07, 6.45) is 6.19. The van der Waals surface area contributed by atoms with Crippen molar-refractivity contribution < 1.29 is 0 Å². The number of pyridine rings is 1. The molecule has 2 aromatic heterocycles. The molecule has 0 amide bonds. The number of aromatic nitrogens is 2. The van der Waals surface area contributed by atoms with Crippen LogP contribution in [0.25, 0.3) is 11.1 Å². The van der Waals surface area contributed by atoms with E-state index in [2.05, 4.69) is 21.2 Å². The molecule has 0 spiro atoms. The Labute approximate surface area is 117 Å². The van der Waals surface area contributed by atoms with Crippen molar-refractivity contribution in [3.05, 3.63) is 24.5 Å². The smallest absolute Gasteiger partial charge is 0.147 e. The fraction of sp³-hybridized carbons (Fsp3) is 0.429. The Morgan fingerprint density at radius 2 is 2.37 bits per heavy atom. The van der Waals surface area contributed by atoms with Gasteiger partial charge < -0.3 is 10.6 Å². The third kappa shape index (κ3) is 2.42. The summed E-state index contributed by atoms with van der Waals surface area (Å²) in [4.78, 5) is 6.61. The van der Waals surface area contributed by atoms with Crippen LogP contribution in [0.5, 0.6) is 0 Å². The summed E-state index contributed by atoms with van der Waals surface area (Å²) in [5.41, 5.74) is 8.17. The van der Waals surface area contributed by atoms with Crippen LogP contribution in [0.2, 0.25) is 0 Å². The van der Waals surface area contributed by atoms with Gasteiger partial charge in [0.25, 0.3) is 0 Å². The molecule has 1 fully saturated rings. The third-order valence-corrected chi connectivity index (χ3v) is 4.52. The second kappa shape index (κ2) is 5.17. The van der Waals surface area contributed by atoms with E-state index in [1.165, 1.54) is 29.4 Å². The monoisotopic (exact) mass is 274 g/mol. The average Bonchev–Trinajstić information content (AvgIpc) is 2.82. The highest BCUT2D eigenvalue weighted by molar-refractivity contribution is 7.11. The molecule has 0 bridgehead atoms. The van der Waals surface area contributed by atoms with Crippen molar-refractivity contribution in [1.29, 1.82) is 0 Å². The van der Waals surface area contributed by atoms with E-state index in [9.17, 15) is 0 Å². The van der Waals surface area contributed by atoms with Crippen LogP contribution in [-0.2, 0) is 0 Å². The summed E-state index contributed by atoms with van der Waals surface area (Å²) >= 11 is 1.50. The van der Waals surface area contributed by atoms with E-state index in [0.29, 0.717) is 5.82 Å². The normalized spacial score (nSPS) is 19.6. The van der Waals surface area contributed by atoms with Crippen LogP contribution in [0.15, 0.2) is 24.5 Å². The number of nitrogen functional groups attached to an aromatic ring is 1. The zero-order chi connectivity index (χ0) is 13.2. The molecule has 0 saturated carbocycles. The topological polar surface area (TPSA) is 55.0 Å². The van der Waals surface area contributed by atoms with Gasteiger partial charge in [-0.05, 0) is 36.4 Å². The summed E-state index contributed by atoms with van der Waals surface area (Å²) in [5.74, 6) is 1.35. The van der Waals surface area contributed by atoms with Gasteiger partial charge in [0.2, 0.25) is 0 Å². The molecule has 1 aliphatic rings. The summed E-state index contributed by atoms with van der Waals surface area (Å²) in [5, 5.41) is 1.19. The molecular weight excluding hydrogens is 256 g/mol. The molecule has 100 valence electrons. The Bertz CT molecular complexity index is 552. The maximum Gasteiger partial charge on any atom is 0.147 e. The van der Waals surface area contributed by atoms with Crippen molar-refractivity contribution in [3.8, 4) is 11.1 Å². The number of hydrogen-bond acceptors (Lipinski definition) is 5. The summed E-state index contributed by atoms with van der Waals surface area (Å²) in [6.45, 7) is 4.49. The van der Waals surface area contributed by atoms with Gasteiger partial charge in [-0.3, -0.25) is 4.98 Å². The molecule has 1 saturated heterocycles. The average molecular weight is 274 g/mol. The SMILES string of the molecule is CC1CCCN(c2snc(N)c2-c2cccnc2)C1. The van der Waals surface area contributed by atoms with Crippen molar-refractivity contribution in [3.63, 3.8) is 0 Å². The molecule has 2 aromatic rings. The second-order valence-electron chi connectivity index (χ2n) is 5.18. The van der Waals surface area contributed by atoms with Crippen molar-refractivity contribution in [2.24, 2.45) is 5.92 Å². The first kappa shape index (κ1) is 12.4. The minimum absolute atomic E-state index is 0.617. The largest absolute Gasteiger partial charge is 0.382 e. The molecule has 1 aliphatic heterocycles. The van der Waals surface area contributed by atoms with E-state index < -0.39 is 0 Å². The van der Waals surface area contributed by atoms with Gasteiger partial charge in [0.05, 0.1) is 5.56 Å². The molecule has 0 aromatic carbocycles. The van der Waals surface area contributed by atoms with E-state index in [4.69, 9.17) is 5.73 Å². The standard InChI is InChI=1S/C14H18N4S/c1-10-4-3-7-18(9-10)14-12(13(15)17-19-14)11-5-2-6-16-8-11/h2,5-6,8,10H,3-4,7,9H2,1H3,(H2,15,17). The highest BCUT2D eigenvalue weighted by Gasteiger charge is 2.23. The minimum Gasteiger partial charge on any atom is -0.382 e. The molecule has 0 aliphatic carbocycles. The lowest BCUT2D eigenvalue weighted by Crippen LogP contribution is -2.33. The minimum atomic E-state index is 0.617. The van der Waals surface area contributed by atoms with E-state index in [-0.39, 0.29) is 0 Å². The van der Waals surface area contributed by atoms with Crippen LogP contribution in [0.1, 0.15) is 19.8 Å². The van der Waals surface area contributed by atoms with Crippen LogP contribution < -0.4 is 10.6 Å². The number of hydrogen-bond donors (Lipinski definition) is 1.